The lowest BCUT2D eigenvalue weighted by Gasteiger charge is -2.25. The number of aromatic nitrogens is 2. The zero-order valence-corrected chi connectivity index (χ0v) is 9.19. The van der Waals surface area contributed by atoms with Crippen LogP contribution in [-0.2, 0) is 0 Å². The summed E-state index contributed by atoms with van der Waals surface area (Å²) in [6.45, 7) is 1.42. The molecular formula is C11H18N4. The molecule has 0 amide bonds. The third-order valence-corrected chi connectivity index (χ3v) is 3.04. The summed E-state index contributed by atoms with van der Waals surface area (Å²) in [5.74, 6) is 1.47. The lowest BCUT2D eigenvalue weighted by atomic mass is 9.81. The Morgan fingerprint density at radius 3 is 2.53 bits per heavy atom. The highest BCUT2D eigenvalue weighted by atomic mass is 15.2. The Bertz CT molecular complexity index is 305. The largest absolute Gasteiger partial charge is 0.343 e. The average molecular weight is 206 g/mol. The smallest absolute Gasteiger partial charge is 0.225 e. The Morgan fingerprint density at radius 1 is 1.40 bits per heavy atom. The maximum atomic E-state index is 5.48. The summed E-state index contributed by atoms with van der Waals surface area (Å²) in [4.78, 5) is 10.7. The van der Waals surface area contributed by atoms with Gasteiger partial charge in [-0.3, -0.25) is 0 Å². The molecule has 0 bridgehead atoms. The van der Waals surface area contributed by atoms with Gasteiger partial charge in [0.2, 0.25) is 5.95 Å². The van der Waals surface area contributed by atoms with Gasteiger partial charge in [0.25, 0.3) is 0 Å². The van der Waals surface area contributed by atoms with Gasteiger partial charge in [-0.15, -0.1) is 0 Å². The molecule has 1 saturated carbocycles. The molecule has 0 unspecified atom stereocenters. The lowest BCUT2D eigenvalue weighted by molar-refractivity contribution is 0.418. The minimum absolute atomic E-state index is 0.629. The first-order valence-corrected chi connectivity index (χ1v) is 5.54. The molecular weight excluding hydrogens is 188 g/mol. The van der Waals surface area contributed by atoms with Crippen molar-refractivity contribution in [2.24, 2.45) is 5.73 Å². The Kier molecular flexibility index (Phi) is 3.16. The summed E-state index contributed by atoms with van der Waals surface area (Å²) < 4.78 is 0. The predicted octanol–water partition coefficient (Wildman–Crippen LogP) is 1.14. The highest BCUT2D eigenvalue weighted by Gasteiger charge is 2.20. The Morgan fingerprint density at radius 2 is 2.07 bits per heavy atom. The van der Waals surface area contributed by atoms with E-state index >= 15 is 0 Å². The molecule has 4 nitrogen and oxygen atoms in total. The van der Waals surface area contributed by atoms with E-state index in [-0.39, 0.29) is 0 Å². The summed E-state index contributed by atoms with van der Waals surface area (Å²) in [6, 6.07) is 0. The van der Waals surface area contributed by atoms with Crippen molar-refractivity contribution in [2.45, 2.75) is 25.2 Å². The second kappa shape index (κ2) is 4.57. The molecule has 0 spiro atoms. The minimum Gasteiger partial charge on any atom is -0.343 e. The van der Waals surface area contributed by atoms with Crippen LogP contribution in [0.5, 0.6) is 0 Å². The van der Waals surface area contributed by atoms with E-state index < -0.39 is 0 Å². The molecule has 1 aliphatic rings. The van der Waals surface area contributed by atoms with Gasteiger partial charge in [0, 0.05) is 32.5 Å². The van der Waals surface area contributed by atoms with E-state index in [1.54, 1.807) is 0 Å². The topological polar surface area (TPSA) is 55.0 Å². The molecule has 1 fully saturated rings. The number of anilines is 1. The quantitative estimate of drug-likeness (QED) is 0.802. The highest BCUT2D eigenvalue weighted by molar-refractivity contribution is 5.29. The van der Waals surface area contributed by atoms with Crippen LogP contribution in [0.3, 0.4) is 0 Å². The van der Waals surface area contributed by atoms with Crippen LogP contribution in [0.4, 0.5) is 5.95 Å². The van der Waals surface area contributed by atoms with E-state index in [4.69, 9.17) is 5.73 Å². The summed E-state index contributed by atoms with van der Waals surface area (Å²) in [5, 5.41) is 0. The standard InChI is InChI=1S/C11H18N4/c1-15(6-5-12)11-13-7-10(8-14-11)9-3-2-4-9/h7-9H,2-6,12H2,1H3. The Labute approximate surface area is 90.5 Å². The van der Waals surface area contributed by atoms with Gasteiger partial charge in [-0.05, 0) is 24.3 Å². The Hall–Kier alpha value is -1.16. The Balaban J connectivity index is 2.02. The number of nitrogens with two attached hydrogens (primary N) is 1. The molecule has 0 atom stereocenters. The van der Waals surface area contributed by atoms with Crippen molar-refractivity contribution in [1.82, 2.24) is 9.97 Å². The van der Waals surface area contributed by atoms with Gasteiger partial charge in [-0.1, -0.05) is 6.42 Å². The van der Waals surface area contributed by atoms with E-state index in [2.05, 4.69) is 9.97 Å². The van der Waals surface area contributed by atoms with E-state index in [0.717, 1.165) is 12.5 Å². The van der Waals surface area contributed by atoms with Crippen LogP contribution >= 0.6 is 0 Å². The maximum absolute atomic E-state index is 5.48. The highest BCUT2D eigenvalue weighted by Crippen LogP contribution is 2.35. The summed E-state index contributed by atoms with van der Waals surface area (Å²) in [7, 11) is 1.96. The molecule has 0 radical (unpaired) electrons. The molecule has 1 aromatic rings. The molecule has 1 aromatic heterocycles. The van der Waals surface area contributed by atoms with E-state index in [1.165, 1.54) is 24.8 Å². The third kappa shape index (κ3) is 2.26. The van der Waals surface area contributed by atoms with Gasteiger partial charge in [0.15, 0.2) is 0 Å². The second-order valence-corrected chi connectivity index (χ2v) is 4.15. The minimum atomic E-state index is 0.629. The van der Waals surface area contributed by atoms with Crippen LogP contribution in [0.15, 0.2) is 12.4 Å². The summed E-state index contributed by atoms with van der Waals surface area (Å²) >= 11 is 0. The fourth-order valence-corrected chi connectivity index (χ4v) is 1.77. The number of likely N-dealkylation sites (N-methyl/N-ethyl adjacent to an activating group) is 1. The first kappa shape index (κ1) is 10.4. The van der Waals surface area contributed by atoms with Gasteiger partial charge < -0.3 is 10.6 Å². The molecule has 0 aliphatic heterocycles. The van der Waals surface area contributed by atoms with Crippen LogP contribution in [0.25, 0.3) is 0 Å². The van der Waals surface area contributed by atoms with Crippen LogP contribution in [-0.4, -0.2) is 30.1 Å². The van der Waals surface area contributed by atoms with Crippen LogP contribution < -0.4 is 10.6 Å². The zero-order chi connectivity index (χ0) is 10.7. The first-order chi connectivity index (χ1) is 7.31. The van der Waals surface area contributed by atoms with E-state index in [0.29, 0.717) is 12.5 Å². The number of rotatable bonds is 4. The monoisotopic (exact) mass is 206 g/mol. The predicted molar refractivity (Wildman–Crippen MR) is 60.9 cm³/mol. The number of hydrogen-bond acceptors (Lipinski definition) is 4. The SMILES string of the molecule is CN(CCN)c1ncc(C2CCC2)cn1. The number of hydrogen-bond donors (Lipinski definition) is 1. The second-order valence-electron chi connectivity index (χ2n) is 4.15. The van der Waals surface area contributed by atoms with Crippen molar-refractivity contribution >= 4 is 5.95 Å². The fraction of sp³-hybridized carbons (Fsp3) is 0.636. The molecule has 1 aliphatic carbocycles. The van der Waals surface area contributed by atoms with E-state index in [1.807, 2.05) is 24.3 Å². The van der Waals surface area contributed by atoms with Crippen molar-refractivity contribution < 1.29 is 0 Å². The van der Waals surface area contributed by atoms with Crippen LogP contribution in [0.2, 0.25) is 0 Å². The third-order valence-electron chi connectivity index (χ3n) is 3.04. The first-order valence-electron chi connectivity index (χ1n) is 5.54. The fourth-order valence-electron chi connectivity index (χ4n) is 1.77. The van der Waals surface area contributed by atoms with Crippen molar-refractivity contribution in [3.63, 3.8) is 0 Å². The van der Waals surface area contributed by atoms with Gasteiger partial charge in [-0.25, -0.2) is 9.97 Å². The van der Waals surface area contributed by atoms with Crippen molar-refractivity contribution in [3.8, 4) is 0 Å². The number of nitrogens with zero attached hydrogens (tertiary/aromatic N) is 3. The van der Waals surface area contributed by atoms with Gasteiger partial charge >= 0.3 is 0 Å². The maximum Gasteiger partial charge on any atom is 0.225 e. The molecule has 4 heteroatoms. The van der Waals surface area contributed by atoms with Crippen LogP contribution in [0.1, 0.15) is 30.7 Å². The summed E-state index contributed by atoms with van der Waals surface area (Å²) in [5.41, 5.74) is 6.76. The van der Waals surface area contributed by atoms with E-state index in [9.17, 15) is 0 Å². The normalized spacial score (nSPS) is 16.1. The molecule has 15 heavy (non-hydrogen) atoms. The molecule has 2 rings (SSSR count). The molecule has 1 heterocycles. The van der Waals surface area contributed by atoms with Crippen molar-refractivity contribution in [3.05, 3.63) is 18.0 Å². The molecule has 0 saturated heterocycles. The average Bonchev–Trinajstić information content (AvgIpc) is 2.16. The van der Waals surface area contributed by atoms with Crippen molar-refractivity contribution in [2.75, 3.05) is 25.0 Å². The molecule has 82 valence electrons. The molecule has 2 N–H and O–H groups in total. The zero-order valence-electron chi connectivity index (χ0n) is 9.19. The lowest BCUT2D eigenvalue weighted by Crippen LogP contribution is -2.26. The van der Waals surface area contributed by atoms with Gasteiger partial charge in [0.1, 0.15) is 0 Å². The van der Waals surface area contributed by atoms with Crippen molar-refractivity contribution in [1.29, 1.82) is 0 Å². The van der Waals surface area contributed by atoms with Gasteiger partial charge in [0.05, 0.1) is 0 Å². The summed E-state index contributed by atoms with van der Waals surface area (Å²) in [6.07, 6.45) is 7.85. The molecule has 0 aromatic carbocycles. The van der Waals surface area contributed by atoms with Gasteiger partial charge in [-0.2, -0.15) is 0 Å². The van der Waals surface area contributed by atoms with Crippen LogP contribution in [0, 0.1) is 0 Å².